The zero-order valence-electron chi connectivity index (χ0n) is 14.2. The van der Waals surface area contributed by atoms with Gasteiger partial charge in [0.2, 0.25) is 11.2 Å². The van der Waals surface area contributed by atoms with Gasteiger partial charge in [0.1, 0.15) is 6.23 Å². The third-order valence-corrected chi connectivity index (χ3v) is 4.97. The van der Waals surface area contributed by atoms with Crippen LogP contribution in [-0.2, 0) is 19.4 Å². The van der Waals surface area contributed by atoms with Gasteiger partial charge < -0.3 is 15.3 Å². The predicted octanol–water partition coefficient (Wildman–Crippen LogP) is 1.98. The van der Waals surface area contributed by atoms with Gasteiger partial charge in [-0.3, -0.25) is 10.1 Å². The smallest absolute Gasteiger partial charge is 0.224 e. The zero-order chi connectivity index (χ0) is 18.0. The topological polar surface area (TPSA) is 89.8 Å². The first-order valence-corrected chi connectivity index (χ1v) is 8.50. The van der Waals surface area contributed by atoms with Crippen LogP contribution < -0.4 is 10.7 Å². The molecular formula is C20H23NO4. The molecule has 2 aromatic rings. The van der Waals surface area contributed by atoms with Crippen molar-refractivity contribution in [3.05, 3.63) is 68.9 Å². The lowest BCUT2D eigenvalue weighted by Crippen LogP contribution is -2.38. The molecule has 0 fully saturated rings. The average molecular weight is 341 g/mol. The van der Waals surface area contributed by atoms with E-state index in [4.69, 9.17) is 0 Å². The summed E-state index contributed by atoms with van der Waals surface area (Å²) in [4.78, 5) is 11.8. The number of aliphatic hydroxyl groups excluding tert-OH is 1. The van der Waals surface area contributed by atoms with Gasteiger partial charge in [-0.2, -0.15) is 0 Å². The summed E-state index contributed by atoms with van der Waals surface area (Å²) in [7, 11) is 0. The van der Waals surface area contributed by atoms with Crippen molar-refractivity contribution in [2.45, 2.75) is 39.0 Å². The van der Waals surface area contributed by atoms with Crippen LogP contribution in [0.4, 0.5) is 0 Å². The minimum Gasteiger partial charge on any atom is -0.504 e. The van der Waals surface area contributed by atoms with E-state index in [0.717, 1.165) is 16.7 Å². The molecular weight excluding hydrogens is 318 g/mol. The summed E-state index contributed by atoms with van der Waals surface area (Å²) in [6, 6.07) is 11.2. The van der Waals surface area contributed by atoms with Gasteiger partial charge in [0.05, 0.1) is 0 Å². The molecule has 0 aliphatic heterocycles. The number of fused-ring (bicyclic) bond motifs is 1. The molecule has 0 amide bonds. The fourth-order valence-electron chi connectivity index (χ4n) is 3.49. The Bertz CT molecular complexity index is 820. The van der Waals surface area contributed by atoms with Gasteiger partial charge in [-0.05, 0) is 48.9 Å². The normalized spacial score (nSPS) is 17.8. The van der Waals surface area contributed by atoms with Gasteiger partial charge in [-0.1, -0.05) is 30.3 Å². The van der Waals surface area contributed by atoms with Crippen LogP contribution in [0.3, 0.4) is 0 Å². The second-order valence-electron chi connectivity index (χ2n) is 6.66. The van der Waals surface area contributed by atoms with Gasteiger partial charge in [0, 0.05) is 18.0 Å². The van der Waals surface area contributed by atoms with Gasteiger partial charge in [-0.15, -0.1) is 0 Å². The molecule has 5 heteroatoms. The highest BCUT2D eigenvalue weighted by atomic mass is 16.3. The second-order valence-corrected chi connectivity index (χ2v) is 6.66. The SMILES string of the molecule is Cc1cc(=O)c(O)c(O)c2c1CC(C(O)NCc1ccccc1)CC2. The summed E-state index contributed by atoms with van der Waals surface area (Å²) in [6.45, 7) is 2.37. The van der Waals surface area contributed by atoms with E-state index in [1.807, 2.05) is 30.3 Å². The van der Waals surface area contributed by atoms with E-state index in [1.54, 1.807) is 6.92 Å². The van der Waals surface area contributed by atoms with Gasteiger partial charge in [0.25, 0.3) is 0 Å². The van der Waals surface area contributed by atoms with Crippen LogP contribution in [0, 0.1) is 12.8 Å². The molecule has 2 atom stereocenters. The quantitative estimate of drug-likeness (QED) is 0.639. The first-order valence-electron chi connectivity index (χ1n) is 8.50. The maximum absolute atomic E-state index is 11.8. The van der Waals surface area contributed by atoms with Crippen LogP contribution in [0.2, 0.25) is 0 Å². The van der Waals surface area contributed by atoms with E-state index in [2.05, 4.69) is 5.32 Å². The molecule has 5 nitrogen and oxygen atoms in total. The number of hydrogen-bond donors (Lipinski definition) is 4. The highest BCUT2D eigenvalue weighted by Crippen LogP contribution is 2.36. The summed E-state index contributed by atoms with van der Waals surface area (Å²) in [5.74, 6) is -0.933. The summed E-state index contributed by atoms with van der Waals surface area (Å²) in [5, 5.41) is 33.6. The third-order valence-electron chi connectivity index (χ3n) is 4.97. The minimum absolute atomic E-state index is 0.0195. The van der Waals surface area contributed by atoms with E-state index in [-0.39, 0.29) is 11.7 Å². The molecule has 1 aliphatic carbocycles. The molecule has 1 aliphatic rings. The lowest BCUT2D eigenvalue weighted by atomic mass is 9.82. The molecule has 0 heterocycles. The Kier molecular flexibility index (Phi) is 5.06. The molecule has 0 spiro atoms. The Morgan fingerprint density at radius 3 is 2.60 bits per heavy atom. The molecule has 25 heavy (non-hydrogen) atoms. The number of aromatic hydroxyl groups is 2. The van der Waals surface area contributed by atoms with Crippen molar-refractivity contribution < 1.29 is 15.3 Å². The molecule has 3 rings (SSSR count). The highest BCUT2D eigenvalue weighted by Gasteiger charge is 2.28. The Morgan fingerprint density at radius 1 is 1.16 bits per heavy atom. The van der Waals surface area contributed by atoms with E-state index in [1.165, 1.54) is 6.07 Å². The van der Waals surface area contributed by atoms with Gasteiger partial charge in [0.15, 0.2) is 5.75 Å². The molecule has 4 N–H and O–H groups in total. The van der Waals surface area contributed by atoms with E-state index >= 15 is 0 Å². The second kappa shape index (κ2) is 7.25. The predicted molar refractivity (Wildman–Crippen MR) is 95.6 cm³/mol. The fourth-order valence-corrected chi connectivity index (χ4v) is 3.49. The first-order chi connectivity index (χ1) is 12.0. The summed E-state index contributed by atoms with van der Waals surface area (Å²) >= 11 is 0. The van der Waals surface area contributed by atoms with Crippen molar-refractivity contribution in [1.82, 2.24) is 5.32 Å². The number of hydrogen-bond acceptors (Lipinski definition) is 5. The van der Waals surface area contributed by atoms with Crippen LogP contribution in [0.25, 0.3) is 0 Å². The monoisotopic (exact) mass is 341 g/mol. The van der Waals surface area contributed by atoms with Crippen LogP contribution in [0.15, 0.2) is 41.2 Å². The van der Waals surface area contributed by atoms with Crippen molar-refractivity contribution in [3.63, 3.8) is 0 Å². The van der Waals surface area contributed by atoms with E-state index in [0.29, 0.717) is 31.4 Å². The van der Waals surface area contributed by atoms with Gasteiger partial charge in [-0.25, -0.2) is 0 Å². The summed E-state index contributed by atoms with van der Waals surface area (Å²) in [5.41, 5.74) is 2.70. The number of rotatable bonds is 4. The minimum atomic E-state index is -0.680. The van der Waals surface area contributed by atoms with Crippen LogP contribution in [0.5, 0.6) is 11.5 Å². The van der Waals surface area contributed by atoms with Crippen molar-refractivity contribution in [3.8, 4) is 11.5 Å². The van der Waals surface area contributed by atoms with Crippen molar-refractivity contribution in [1.29, 1.82) is 0 Å². The molecule has 0 radical (unpaired) electrons. The highest BCUT2D eigenvalue weighted by molar-refractivity contribution is 5.51. The lowest BCUT2D eigenvalue weighted by Gasteiger charge is -2.29. The standard InChI is InChI=1S/C20H23NO4/c1-12-9-17(22)19(24)18(23)15-8-7-14(10-16(12)15)20(25)21-11-13-5-3-2-4-6-13/h2-6,9,14,20-21,25H,7-8,10-11H2,1H3,(H2,22,23,24). The van der Waals surface area contributed by atoms with Crippen molar-refractivity contribution >= 4 is 0 Å². The summed E-state index contributed by atoms with van der Waals surface area (Å²) in [6.07, 6.45) is 1.05. The number of benzene rings is 1. The number of aliphatic hydroxyl groups is 1. The zero-order valence-corrected chi connectivity index (χ0v) is 14.2. The Hall–Kier alpha value is -2.37. The van der Waals surface area contributed by atoms with Crippen molar-refractivity contribution in [2.24, 2.45) is 5.92 Å². The van der Waals surface area contributed by atoms with Crippen LogP contribution in [-0.4, -0.2) is 21.5 Å². The van der Waals surface area contributed by atoms with E-state index in [9.17, 15) is 20.1 Å². The largest absolute Gasteiger partial charge is 0.504 e. The van der Waals surface area contributed by atoms with Gasteiger partial charge >= 0.3 is 0 Å². The molecule has 0 bridgehead atoms. The summed E-state index contributed by atoms with van der Waals surface area (Å²) < 4.78 is 0. The van der Waals surface area contributed by atoms with Crippen LogP contribution in [0.1, 0.15) is 28.7 Å². The first kappa shape index (κ1) is 17.5. The number of nitrogens with one attached hydrogen (secondary N) is 1. The van der Waals surface area contributed by atoms with Crippen molar-refractivity contribution in [2.75, 3.05) is 0 Å². The molecule has 2 unspecified atom stereocenters. The van der Waals surface area contributed by atoms with Crippen LogP contribution >= 0.6 is 0 Å². The molecule has 0 saturated heterocycles. The molecule has 0 aromatic heterocycles. The number of aryl methyl sites for hydroxylation is 1. The Morgan fingerprint density at radius 2 is 1.88 bits per heavy atom. The molecule has 132 valence electrons. The molecule has 0 saturated carbocycles. The maximum Gasteiger partial charge on any atom is 0.224 e. The molecule has 2 aromatic carbocycles. The lowest BCUT2D eigenvalue weighted by molar-refractivity contribution is 0.0653. The fraction of sp³-hybridized carbons (Fsp3) is 0.350. The maximum atomic E-state index is 11.8. The Labute approximate surface area is 146 Å². The Balaban J connectivity index is 1.78. The third kappa shape index (κ3) is 3.67. The van der Waals surface area contributed by atoms with E-state index < -0.39 is 17.4 Å². The average Bonchev–Trinajstić information content (AvgIpc) is 2.71.